The van der Waals surface area contributed by atoms with Gasteiger partial charge in [0.25, 0.3) is 5.91 Å². The van der Waals surface area contributed by atoms with Crippen LogP contribution in [0, 0.1) is 3.57 Å². The molecule has 2 N–H and O–H groups in total. The van der Waals surface area contributed by atoms with Crippen LogP contribution in [0.25, 0.3) is 6.08 Å². The second kappa shape index (κ2) is 8.74. The number of halogens is 1. The summed E-state index contributed by atoms with van der Waals surface area (Å²) in [5, 5.41) is 10.7. The van der Waals surface area contributed by atoms with Crippen LogP contribution in [0.4, 0.5) is 5.69 Å². The van der Waals surface area contributed by atoms with Crippen LogP contribution in [0.2, 0.25) is 0 Å². The Bertz CT molecular complexity index is 1160. The molecule has 1 aliphatic rings. The van der Waals surface area contributed by atoms with Crippen LogP contribution < -0.4 is 19.6 Å². The highest BCUT2D eigenvalue weighted by molar-refractivity contribution is 14.1. The minimum atomic E-state index is -3.81. The summed E-state index contributed by atoms with van der Waals surface area (Å²) in [6.45, 7) is 4.14. The Balaban J connectivity index is 1.94. The lowest BCUT2D eigenvalue weighted by atomic mass is 10.1. The average Bonchev–Trinajstić information content (AvgIpc) is 2.97. The monoisotopic (exact) mass is 541 g/mol. The topological polar surface area (TPSA) is 111 Å². The molecule has 1 aliphatic heterocycles. The Hall–Kier alpha value is -2.44. The van der Waals surface area contributed by atoms with E-state index in [1.165, 1.54) is 29.3 Å². The van der Waals surface area contributed by atoms with Crippen LogP contribution in [-0.4, -0.2) is 33.8 Å². The molecule has 0 spiro atoms. The normalized spacial score (nSPS) is 15.5. The molecule has 0 saturated heterocycles. The predicted octanol–water partition coefficient (Wildman–Crippen LogP) is 3.15. The first kappa shape index (κ1) is 22.2. The third kappa shape index (κ3) is 4.50. The molecular formula is C20H20IN3O5S. The molecule has 0 radical (unpaired) electrons. The molecule has 2 aromatic carbocycles. The van der Waals surface area contributed by atoms with Crippen molar-refractivity contribution in [1.82, 2.24) is 0 Å². The van der Waals surface area contributed by atoms with E-state index in [0.29, 0.717) is 35.1 Å². The minimum Gasteiger partial charge on any atom is -0.493 e. The van der Waals surface area contributed by atoms with Gasteiger partial charge >= 0.3 is 0 Å². The Morgan fingerprint density at radius 3 is 2.47 bits per heavy atom. The molecule has 0 atom stereocenters. The number of hydrazone groups is 1. The lowest BCUT2D eigenvalue weighted by Crippen LogP contribution is -2.21. The maximum absolute atomic E-state index is 13.0. The van der Waals surface area contributed by atoms with Crippen LogP contribution >= 0.6 is 22.6 Å². The van der Waals surface area contributed by atoms with E-state index >= 15 is 0 Å². The maximum atomic E-state index is 13.0. The Morgan fingerprint density at radius 1 is 1.23 bits per heavy atom. The summed E-state index contributed by atoms with van der Waals surface area (Å²) in [6, 6.07) is 9.34. The summed E-state index contributed by atoms with van der Waals surface area (Å²) < 4.78 is 34.8. The predicted molar refractivity (Wildman–Crippen MR) is 123 cm³/mol. The van der Waals surface area contributed by atoms with Gasteiger partial charge in [0.15, 0.2) is 11.5 Å². The summed E-state index contributed by atoms with van der Waals surface area (Å²) in [4.78, 5) is 12.9. The smallest absolute Gasteiger partial charge is 0.280 e. The zero-order valence-electron chi connectivity index (χ0n) is 16.5. The zero-order chi connectivity index (χ0) is 22.1. The fourth-order valence-electron chi connectivity index (χ4n) is 2.91. The van der Waals surface area contributed by atoms with E-state index in [-0.39, 0.29) is 10.8 Å². The van der Waals surface area contributed by atoms with Crippen LogP contribution in [0.5, 0.6) is 11.5 Å². The summed E-state index contributed by atoms with van der Waals surface area (Å²) in [7, 11) is -2.25. The molecule has 1 amide bonds. The Morgan fingerprint density at radius 2 is 1.90 bits per heavy atom. The highest BCUT2D eigenvalue weighted by atomic mass is 127. The van der Waals surface area contributed by atoms with E-state index in [1.54, 1.807) is 26.2 Å². The van der Waals surface area contributed by atoms with Gasteiger partial charge < -0.3 is 9.47 Å². The fraction of sp³-hybridized carbons (Fsp3) is 0.200. The number of anilines is 1. The highest BCUT2D eigenvalue weighted by Crippen LogP contribution is 2.35. The Labute approximate surface area is 188 Å². The number of hydrogen-bond donors (Lipinski definition) is 1. The molecule has 1 heterocycles. The first-order chi connectivity index (χ1) is 14.2. The third-order valence-electron chi connectivity index (χ3n) is 4.32. The molecule has 8 nitrogen and oxygen atoms in total. The molecule has 0 unspecified atom stereocenters. The summed E-state index contributed by atoms with van der Waals surface area (Å²) in [5.41, 5.74) is 2.17. The van der Waals surface area contributed by atoms with E-state index in [9.17, 15) is 13.2 Å². The van der Waals surface area contributed by atoms with Crippen LogP contribution in [0.1, 0.15) is 19.4 Å². The Kier molecular flexibility index (Phi) is 6.48. The van der Waals surface area contributed by atoms with Gasteiger partial charge in [0.05, 0.1) is 39.2 Å². The van der Waals surface area contributed by atoms with Gasteiger partial charge in [-0.05, 0) is 84.5 Å². The summed E-state index contributed by atoms with van der Waals surface area (Å²) in [6.07, 6.45) is 1.74. The quantitative estimate of drug-likeness (QED) is 0.446. The van der Waals surface area contributed by atoms with Crippen molar-refractivity contribution in [3.05, 3.63) is 51.1 Å². The van der Waals surface area contributed by atoms with Gasteiger partial charge in [-0.2, -0.15) is 10.1 Å². The maximum Gasteiger partial charge on any atom is 0.280 e. The number of nitrogens with zero attached hydrogens (tertiary/aromatic N) is 2. The molecule has 0 aliphatic carbocycles. The number of sulfonamides is 1. The van der Waals surface area contributed by atoms with Gasteiger partial charge in [0.2, 0.25) is 10.0 Å². The first-order valence-electron chi connectivity index (χ1n) is 8.90. The van der Waals surface area contributed by atoms with Crippen molar-refractivity contribution in [2.24, 2.45) is 10.2 Å². The largest absolute Gasteiger partial charge is 0.493 e. The lowest BCUT2D eigenvalue weighted by molar-refractivity contribution is -0.114. The minimum absolute atomic E-state index is 0.0366. The van der Waals surface area contributed by atoms with E-state index < -0.39 is 10.0 Å². The summed E-state index contributed by atoms with van der Waals surface area (Å²) >= 11 is 2.16. The molecule has 0 bridgehead atoms. The van der Waals surface area contributed by atoms with Crippen molar-refractivity contribution in [2.75, 3.05) is 18.7 Å². The van der Waals surface area contributed by atoms with Crippen molar-refractivity contribution in [3.63, 3.8) is 0 Å². The molecule has 0 fully saturated rings. The molecule has 0 aromatic heterocycles. The number of carbonyl (C=O) groups is 1. The number of amides is 1. The van der Waals surface area contributed by atoms with Gasteiger partial charge in [-0.25, -0.2) is 13.6 Å². The highest BCUT2D eigenvalue weighted by Gasteiger charge is 2.29. The number of benzene rings is 2. The van der Waals surface area contributed by atoms with Gasteiger partial charge in [-0.3, -0.25) is 4.79 Å². The fourth-order valence-corrected chi connectivity index (χ4v) is 4.21. The van der Waals surface area contributed by atoms with Crippen LogP contribution in [-0.2, 0) is 14.8 Å². The van der Waals surface area contributed by atoms with Crippen molar-refractivity contribution >= 4 is 56.0 Å². The van der Waals surface area contributed by atoms with Crippen LogP contribution in [0.3, 0.4) is 0 Å². The number of primary sulfonamides is 1. The number of ether oxygens (including phenoxy) is 2. The van der Waals surface area contributed by atoms with Gasteiger partial charge in [-0.15, -0.1) is 0 Å². The lowest BCUT2D eigenvalue weighted by Gasteiger charge is -2.13. The van der Waals surface area contributed by atoms with Crippen molar-refractivity contribution in [1.29, 1.82) is 0 Å². The van der Waals surface area contributed by atoms with Gasteiger partial charge in [0.1, 0.15) is 0 Å². The number of rotatable bonds is 6. The third-order valence-corrected chi connectivity index (χ3v) is 6.05. The number of methoxy groups -OCH3 is 1. The second-order valence-corrected chi connectivity index (χ2v) is 9.09. The molecule has 3 rings (SSSR count). The summed E-state index contributed by atoms with van der Waals surface area (Å²) in [5.74, 6) is 0.909. The van der Waals surface area contributed by atoms with E-state index in [1.807, 2.05) is 13.0 Å². The molecule has 158 valence electrons. The molecular weight excluding hydrogens is 521 g/mol. The van der Waals surface area contributed by atoms with Gasteiger partial charge in [0, 0.05) is 0 Å². The molecule has 10 heteroatoms. The zero-order valence-corrected chi connectivity index (χ0v) is 19.5. The molecule has 0 saturated carbocycles. The van der Waals surface area contributed by atoms with E-state index in [2.05, 4.69) is 27.7 Å². The van der Waals surface area contributed by atoms with Crippen LogP contribution in [0.15, 0.2) is 52.0 Å². The first-order valence-corrected chi connectivity index (χ1v) is 11.5. The van der Waals surface area contributed by atoms with Crippen molar-refractivity contribution in [2.45, 2.75) is 18.7 Å². The number of nitrogens with two attached hydrogens (primary N) is 1. The SMILES string of the molecule is CCOc1c(I)cc(/C=C2\C(=O)N(c3ccc(S(N)(=O)=O)cc3)N=C2C)cc1OC. The molecule has 2 aromatic rings. The van der Waals surface area contributed by atoms with Gasteiger partial charge in [-0.1, -0.05) is 0 Å². The van der Waals surface area contributed by atoms with E-state index in [0.717, 1.165) is 9.13 Å². The second-order valence-electron chi connectivity index (χ2n) is 6.37. The number of carbonyl (C=O) groups excluding carboxylic acids is 1. The molecule has 30 heavy (non-hydrogen) atoms. The van der Waals surface area contributed by atoms with Crippen molar-refractivity contribution < 1.29 is 22.7 Å². The van der Waals surface area contributed by atoms with Crippen molar-refractivity contribution in [3.8, 4) is 11.5 Å². The average molecular weight is 541 g/mol. The van der Waals surface area contributed by atoms with E-state index in [4.69, 9.17) is 14.6 Å². The standard InChI is InChI=1S/C20H20IN3O5S/c1-4-29-19-17(21)10-13(11-18(19)28-3)9-16-12(2)23-24(20(16)25)14-5-7-15(8-6-14)30(22,26)27/h5-11H,4H2,1-3H3,(H2,22,26,27)/b16-9-. The number of hydrogen-bond acceptors (Lipinski definition) is 6.